The largest absolute Gasteiger partial charge is 0.240 e. The minimum absolute atomic E-state index is 0.0478. The summed E-state index contributed by atoms with van der Waals surface area (Å²) in [5.41, 5.74) is 1.27. The molecule has 3 aromatic rings. The fraction of sp³-hybridized carbons (Fsp3) is 0.133. The van der Waals surface area contributed by atoms with Crippen LogP contribution in [0.4, 0.5) is 4.39 Å². The standard InChI is InChI=1S/C15H11ClFNO2S3/c16-14-6-5-13(22-14)9-23(19,20)8-12-7-21-15(18-12)10-1-3-11(17)4-2-10/h1-7H,8-9H2. The van der Waals surface area contributed by atoms with Crippen LogP contribution in [0.3, 0.4) is 0 Å². The van der Waals surface area contributed by atoms with Crippen molar-refractivity contribution in [3.05, 3.63) is 62.5 Å². The molecule has 0 atom stereocenters. The van der Waals surface area contributed by atoms with Gasteiger partial charge in [0.05, 0.1) is 21.5 Å². The molecule has 0 spiro atoms. The summed E-state index contributed by atoms with van der Waals surface area (Å²) in [4.78, 5) is 5.05. The van der Waals surface area contributed by atoms with E-state index in [9.17, 15) is 12.8 Å². The monoisotopic (exact) mass is 387 g/mol. The van der Waals surface area contributed by atoms with Gasteiger partial charge in [0.15, 0.2) is 9.84 Å². The van der Waals surface area contributed by atoms with E-state index >= 15 is 0 Å². The summed E-state index contributed by atoms with van der Waals surface area (Å²) < 4.78 is 38.0. The smallest absolute Gasteiger partial charge is 0.160 e. The van der Waals surface area contributed by atoms with E-state index in [1.165, 1.54) is 34.8 Å². The first-order valence-corrected chi connectivity index (χ1v) is 10.5. The summed E-state index contributed by atoms with van der Waals surface area (Å²) >= 11 is 8.42. The van der Waals surface area contributed by atoms with Gasteiger partial charge in [-0.15, -0.1) is 22.7 Å². The van der Waals surface area contributed by atoms with Crippen LogP contribution in [0.25, 0.3) is 10.6 Å². The van der Waals surface area contributed by atoms with E-state index < -0.39 is 9.84 Å². The van der Waals surface area contributed by atoms with E-state index in [4.69, 9.17) is 11.6 Å². The van der Waals surface area contributed by atoms with Gasteiger partial charge in [-0.2, -0.15) is 0 Å². The second-order valence-corrected chi connectivity index (χ2v) is 9.61. The van der Waals surface area contributed by atoms with E-state index in [0.29, 0.717) is 19.9 Å². The zero-order valence-electron chi connectivity index (χ0n) is 11.7. The molecule has 2 aromatic heterocycles. The van der Waals surface area contributed by atoms with Crippen LogP contribution in [0.2, 0.25) is 4.34 Å². The van der Waals surface area contributed by atoms with Gasteiger partial charge in [0.1, 0.15) is 10.8 Å². The maximum absolute atomic E-state index is 12.9. The molecular weight excluding hydrogens is 377 g/mol. The summed E-state index contributed by atoms with van der Waals surface area (Å²) in [6.45, 7) is 0. The van der Waals surface area contributed by atoms with E-state index in [0.717, 1.165) is 5.56 Å². The molecule has 0 saturated heterocycles. The van der Waals surface area contributed by atoms with Gasteiger partial charge in [0.25, 0.3) is 0 Å². The van der Waals surface area contributed by atoms with Crippen LogP contribution in [-0.2, 0) is 21.3 Å². The third-order valence-corrected chi connectivity index (χ3v) is 6.84. The number of thiazole rings is 1. The number of sulfone groups is 1. The van der Waals surface area contributed by atoms with Crippen LogP contribution < -0.4 is 0 Å². The second kappa shape index (κ2) is 6.68. The molecule has 0 saturated carbocycles. The first-order valence-electron chi connectivity index (χ1n) is 6.56. The predicted molar refractivity (Wildman–Crippen MR) is 93.2 cm³/mol. The van der Waals surface area contributed by atoms with E-state index in [1.54, 1.807) is 29.6 Å². The third-order valence-electron chi connectivity index (χ3n) is 3.00. The number of benzene rings is 1. The van der Waals surface area contributed by atoms with Gasteiger partial charge in [-0.1, -0.05) is 11.6 Å². The lowest BCUT2D eigenvalue weighted by molar-refractivity contribution is 0.594. The maximum atomic E-state index is 12.9. The average molecular weight is 388 g/mol. The second-order valence-electron chi connectivity index (χ2n) is 4.89. The molecule has 0 bridgehead atoms. The van der Waals surface area contributed by atoms with Crippen LogP contribution in [0.1, 0.15) is 10.6 Å². The Morgan fingerprint density at radius 3 is 2.48 bits per heavy atom. The quantitative estimate of drug-likeness (QED) is 0.633. The summed E-state index contributed by atoms with van der Waals surface area (Å²) in [5, 5.41) is 2.40. The van der Waals surface area contributed by atoms with Crippen molar-refractivity contribution in [2.75, 3.05) is 0 Å². The van der Waals surface area contributed by atoms with Crippen molar-refractivity contribution < 1.29 is 12.8 Å². The highest BCUT2D eigenvalue weighted by Gasteiger charge is 2.17. The molecule has 3 rings (SSSR count). The first kappa shape index (κ1) is 16.6. The summed E-state index contributed by atoms with van der Waals surface area (Å²) in [5.74, 6) is -0.490. The molecule has 0 aliphatic rings. The van der Waals surface area contributed by atoms with Crippen molar-refractivity contribution in [2.24, 2.45) is 0 Å². The van der Waals surface area contributed by atoms with Crippen molar-refractivity contribution in [1.29, 1.82) is 0 Å². The molecule has 3 nitrogen and oxygen atoms in total. The highest BCUT2D eigenvalue weighted by atomic mass is 35.5. The lowest BCUT2D eigenvalue weighted by atomic mass is 10.2. The van der Waals surface area contributed by atoms with E-state index in [2.05, 4.69) is 4.98 Å². The van der Waals surface area contributed by atoms with Gasteiger partial charge >= 0.3 is 0 Å². The predicted octanol–water partition coefficient (Wildman–Crippen LogP) is 4.78. The summed E-state index contributed by atoms with van der Waals surface area (Å²) in [7, 11) is -3.31. The molecule has 0 aliphatic heterocycles. The molecule has 120 valence electrons. The molecular formula is C15H11ClFNO2S3. The van der Waals surface area contributed by atoms with Gasteiger partial charge in [-0.05, 0) is 36.4 Å². The number of rotatable bonds is 5. The van der Waals surface area contributed by atoms with Crippen molar-refractivity contribution in [1.82, 2.24) is 4.98 Å². The van der Waals surface area contributed by atoms with Gasteiger partial charge in [0.2, 0.25) is 0 Å². The highest BCUT2D eigenvalue weighted by molar-refractivity contribution is 7.90. The Morgan fingerprint density at radius 1 is 1.09 bits per heavy atom. The van der Waals surface area contributed by atoms with E-state index in [1.807, 2.05) is 0 Å². The number of hydrogen-bond acceptors (Lipinski definition) is 5. The minimum atomic E-state index is -3.31. The lowest BCUT2D eigenvalue weighted by Gasteiger charge is -2.00. The molecule has 0 amide bonds. The number of thiophene rings is 1. The van der Waals surface area contributed by atoms with Crippen LogP contribution in [-0.4, -0.2) is 13.4 Å². The van der Waals surface area contributed by atoms with Crippen molar-refractivity contribution in [3.8, 4) is 10.6 Å². The Kier molecular flexibility index (Phi) is 4.82. The van der Waals surface area contributed by atoms with E-state index in [-0.39, 0.29) is 17.3 Å². The Labute approximate surface area is 146 Å². The number of nitrogens with zero attached hydrogens (tertiary/aromatic N) is 1. The topological polar surface area (TPSA) is 47.0 Å². The molecule has 8 heteroatoms. The molecule has 0 aliphatic carbocycles. The Morgan fingerprint density at radius 2 is 1.83 bits per heavy atom. The fourth-order valence-corrected chi connectivity index (χ4v) is 5.84. The molecule has 0 radical (unpaired) electrons. The SMILES string of the molecule is O=S(=O)(Cc1csc(-c2ccc(F)cc2)n1)Cc1ccc(Cl)s1. The minimum Gasteiger partial charge on any atom is -0.240 e. The van der Waals surface area contributed by atoms with Crippen LogP contribution in [0, 0.1) is 5.82 Å². The van der Waals surface area contributed by atoms with Crippen molar-refractivity contribution in [3.63, 3.8) is 0 Å². The average Bonchev–Trinajstić information content (AvgIpc) is 3.08. The molecule has 2 heterocycles. The maximum Gasteiger partial charge on any atom is 0.160 e. The van der Waals surface area contributed by atoms with Gasteiger partial charge in [-0.3, -0.25) is 0 Å². The van der Waals surface area contributed by atoms with Crippen LogP contribution in [0.5, 0.6) is 0 Å². The molecule has 0 N–H and O–H groups in total. The zero-order valence-corrected chi connectivity index (χ0v) is 14.9. The fourth-order valence-electron chi connectivity index (χ4n) is 2.02. The molecule has 23 heavy (non-hydrogen) atoms. The van der Waals surface area contributed by atoms with Gasteiger partial charge in [0, 0.05) is 15.8 Å². The first-order chi connectivity index (χ1) is 10.9. The molecule has 1 aromatic carbocycles. The zero-order chi connectivity index (χ0) is 16.4. The normalized spacial score (nSPS) is 11.7. The Balaban J connectivity index is 1.74. The lowest BCUT2D eigenvalue weighted by Crippen LogP contribution is -2.06. The van der Waals surface area contributed by atoms with Crippen LogP contribution in [0.15, 0.2) is 41.8 Å². The van der Waals surface area contributed by atoms with Crippen molar-refractivity contribution in [2.45, 2.75) is 11.5 Å². The Bertz CT molecular complexity index is 916. The van der Waals surface area contributed by atoms with Gasteiger partial charge in [-0.25, -0.2) is 17.8 Å². The third kappa shape index (κ3) is 4.38. The number of hydrogen-bond donors (Lipinski definition) is 0. The molecule has 0 unspecified atom stereocenters. The summed E-state index contributed by atoms with van der Waals surface area (Å²) in [6.07, 6.45) is 0. The van der Waals surface area contributed by atoms with Gasteiger partial charge < -0.3 is 0 Å². The molecule has 0 fully saturated rings. The van der Waals surface area contributed by atoms with Crippen molar-refractivity contribution >= 4 is 44.1 Å². The highest BCUT2D eigenvalue weighted by Crippen LogP contribution is 2.27. The Hall–Kier alpha value is -1.28. The number of halogens is 2. The van der Waals surface area contributed by atoms with Crippen LogP contribution >= 0.6 is 34.3 Å². The summed E-state index contributed by atoms with van der Waals surface area (Å²) in [6, 6.07) is 9.36. The number of aromatic nitrogens is 1.